The van der Waals surface area contributed by atoms with E-state index in [4.69, 9.17) is 0 Å². The van der Waals surface area contributed by atoms with Crippen LogP contribution >= 0.6 is 0 Å². The lowest BCUT2D eigenvalue weighted by Gasteiger charge is -2.05. The topological polar surface area (TPSA) is 38.0 Å². The monoisotopic (exact) mass is 202 g/mol. The molecule has 78 valence electrons. The molecule has 0 saturated heterocycles. The van der Waals surface area contributed by atoms with Gasteiger partial charge < -0.3 is 5.11 Å². The Hall–Kier alpha value is -1.77. The normalized spacial score (nSPS) is 10.5. The highest BCUT2D eigenvalue weighted by molar-refractivity contribution is 5.66. The van der Waals surface area contributed by atoms with E-state index >= 15 is 0 Å². The molecular formula is C12H14N2O. The number of nitrogens with zero attached hydrogens (tertiary/aromatic N) is 2. The van der Waals surface area contributed by atoms with Crippen molar-refractivity contribution in [3.8, 4) is 17.0 Å². The molecule has 1 N–H and O–H groups in total. The Kier molecular flexibility index (Phi) is 2.46. The number of hydrogen-bond donors (Lipinski definition) is 1. The summed E-state index contributed by atoms with van der Waals surface area (Å²) >= 11 is 0. The van der Waals surface area contributed by atoms with Gasteiger partial charge in [-0.25, -0.2) is 0 Å². The van der Waals surface area contributed by atoms with E-state index in [-0.39, 0.29) is 5.75 Å². The van der Waals surface area contributed by atoms with E-state index in [1.54, 1.807) is 4.68 Å². The Morgan fingerprint density at radius 1 is 1.27 bits per heavy atom. The fourth-order valence-electron chi connectivity index (χ4n) is 1.62. The molecule has 2 rings (SSSR count). The second-order valence-corrected chi connectivity index (χ2v) is 3.56. The van der Waals surface area contributed by atoms with Crippen LogP contribution in [0.1, 0.15) is 12.5 Å². The van der Waals surface area contributed by atoms with Crippen LogP contribution in [-0.4, -0.2) is 14.9 Å². The maximum Gasteiger partial charge on any atom is 0.161 e. The summed E-state index contributed by atoms with van der Waals surface area (Å²) in [5.74, 6) is 0.237. The van der Waals surface area contributed by atoms with E-state index in [0.29, 0.717) is 0 Å². The first kappa shape index (κ1) is 9.77. The van der Waals surface area contributed by atoms with Gasteiger partial charge in [-0.3, -0.25) is 4.68 Å². The summed E-state index contributed by atoms with van der Waals surface area (Å²) < 4.78 is 1.79. The highest BCUT2D eigenvalue weighted by atomic mass is 16.3. The average molecular weight is 202 g/mol. The molecule has 0 radical (unpaired) electrons. The van der Waals surface area contributed by atoms with Gasteiger partial charge in [-0.05, 0) is 13.8 Å². The predicted octanol–water partition coefficient (Wildman–Crippen LogP) is 2.58. The molecule has 0 unspecified atom stereocenters. The zero-order chi connectivity index (χ0) is 10.8. The van der Waals surface area contributed by atoms with Gasteiger partial charge in [-0.15, -0.1) is 0 Å². The van der Waals surface area contributed by atoms with Crippen LogP contribution < -0.4 is 0 Å². The number of hydrogen-bond acceptors (Lipinski definition) is 2. The summed E-state index contributed by atoms with van der Waals surface area (Å²) in [6.07, 6.45) is 1.48. The zero-order valence-electron chi connectivity index (χ0n) is 8.94. The van der Waals surface area contributed by atoms with Gasteiger partial charge in [0.15, 0.2) is 5.75 Å². The van der Waals surface area contributed by atoms with E-state index in [1.165, 1.54) is 11.8 Å². The van der Waals surface area contributed by atoms with Crippen LogP contribution in [-0.2, 0) is 6.54 Å². The van der Waals surface area contributed by atoms with E-state index in [2.05, 4.69) is 5.10 Å². The van der Waals surface area contributed by atoms with Gasteiger partial charge >= 0.3 is 0 Å². The largest absolute Gasteiger partial charge is 0.504 e. The Morgan fingerprint density at radius 2 is 1.93 bits per heavy atom. The van der Waals surface area contributed by atoms with E-state index in [9.17, 15) is 5.11 Å². The first-order valence-corrected chi connectivity index (χ1v) is 5.04. The molecule has 0 spiro atoms. The lowest BCUT2D eigenvalue weighted by Crippen LogP contribution is -1.98. The Bertz CT molecular complexity index is 457. The van der Waals surface area contributed by atoms with Gasteiger partial charge in [0.05, 0.1) is 6.20 Å². The van der Waals surface area contributed by atoms with E-state index < -0.39 is 0 Å². The molecule has 1 heterocycles. The first-order valence-electron chi connectivity index (χ1n) is 5.04. The minimum Gasteiger partial charge on any atom is -0.504 e. The third-order valence-electron chi connectivity index (χ3n) is 2.44. The third kappa shape index (κ3) is 1.73. The minimum atomic E-state index is 0.237. The lowest BCUT2D eigenvalue weighted by atomic mass is 10.1. The highest BCUT2D eigenvalue weighted by Gasteiger charge is 2.10. The van der Waals surface area contributed by atoms with Gasteiger partial charge in [-0.2, -0.15) is 5.10 Å². The van der Waals surface area contributed by atoms with Crippen LogP contribution in [0.25, 0.3) is 11.3 Å². The number of aryl methyl sites for hydroxylation is 2. The fourth-order valence-corrected chi connectivity index (χ4v) is 1.62. The summed E-state index contributed by atoms with van der Waals surface area (Å²) in [4.78, 5) is 0. The van der Waals surface area contributed by atoms with Crippen LogP contribution in [0, 0.1) is 6.92 Å². The van der Waals surface area contributed by atoms with Crippen LogP contribution in [0.4, 0.5) is 0 Å². The SMILES string of the molecule is CCn1ncc(O)c1-c1ccc(C)cc1. The molecule has 0 bridgehead atoms. The Balaban J connectivity index is 2.52. The van der Waals surface area contributed by atoms with Crippen LogP contribution in [0.5, 0.6) is 5.75 Å². The molecular weight excluding hydrogens is 188 g/mol. The highest BCUT2D eigenvalue weighted by Crippen LogP contribution is 2.28. The van der Waals surface area contributed by atoms with Gasteiger partial charge in [0.2, 0.25) is 0 Å². The summed E-state index contributed by atoms with van der Waals surface area (Å²) in [6.45, 7) is 4.80. The smallest absolute Gasteiger partial charge is 0.161 e. The summed E-state index contributed by atoms with van der Waals surface area (Å²) in [5, 5.41) is 13.8. The fraction of sp³-hybridized carbons (Fsp3) is 0.250. The van der Waals surface area contributed by atoms with Crippen molar-refractivity contribution in [2.24, 2.45) is 0 Å². The third-order valence-corrected chi connectivity index (χ3v) is 2.44. The van der Waals surface area contributed by atoms with Crippen molar-refractivity contribution >= 4 is 0 Å². The molecule has 3 heteroatoms. The molecule has 15 heavy (non-hydrogen) atoms. The molecule has 3 nitrogen and oxygen atoms in total. The minimum absolute atomic E-state index is 0.237. The molecule has 0 saturated carbocycles. The standard InChI is InChI=1S/C12H14N2O/c1-3-14-12(11(15)8-13-14)10-6-4-9(2)5-7-10/h4-8,15H,3H2,1-2H3. The van der Waals surface area contributed by atoms with Crippen molar-refractivity contribution in [1.29, 1.82) is 0 Å². The molecule has 0 aliphatic heterocycles. The van der Waals surface area contributed by atoms with Gasteiger partial charge in [0, 0.05) is 12.1 Å². The number of aromatic hydroxyl groups is 1. The van der Waals surface area contributed by atoms with Crippen molar-refractivity contribution in [1.82, 2.24) is 9.78 Å². The molecule has 1 aromatic carbocycles. The van der Waals surface area contributed by atoms with Crippen LogP contribution in [0.15, 0.2) is 30.5 Å². The Morgan fingerprint density at radius 3 is 2.53 bits per heavy atom. The molecule has 1 aromatic heterocycles. The molecule has 0 atom stereocenters. The Labute approximate surface area is 89.0 Å². The van der Waals surface area contributed by atoms with Crippen molar-refractivity contribution in [3.63, 3.8) is 0 Å². The summed E-state index contributed by atoms with van der Waals surface area (Å²) in [5.41, 5.74) is 3.00. The summed E-state index contributed by atoms with van der Waals surface area (Å²) in [6, 6.07) is 8.06. The molecule has 0 aliphatic carbocycles. The zero-order valence-corrected chi connectivity index (χ0v) is 8.94. The van der Waals surface area contributed by atoms with E-state index in [0.717, 1.165) is 17.8 Å². The predicted molar refractivity (Wildman–Crippen MR) is 59.7 cm³/mol. The van der Waals surface area contributed by atoms with E-state index in [1.807, 2.05) is 38.1 Å². The van der Waals surface area contributed by atoms with Crippen molar-refractivity contribution < 1.29 is 5.11 Å². The van der Waals surface area contributed by atoms with Gasteiger partial charge in [-0.1, -0.05) is 29.8 Å². The maximum atomic E-state index is 9.70. The quantitative estimate of drug-likeness (QED) is 0.812. The molecule has 2 aromatic rings. The van der Waals surface area contributed by atoms with Gasteiger partial charge in [0.1, 0.15) is 5.69 Å². The number of rotatable bonds is 2. The van der Waals surface area contributed by atoms with Crippen LogP contribution in [0.3, 0.4) is 0 Å². The van der Waals surface area contributed by atoms with Crippen molar-refractivity contribution in [2.45, 2.75) is 20.4 Å². The van der Waals surface area contributed by atoms with Crippen molar-refractivity contribution in [2.75, 3.05) is 0 Å². The molecule has 0 aliphatic rings. The lowest BCUT2D eigenvalue weighted by molar-refractivity contribution is 0.476. The molecule has 0 fully saturated rings. The maximum absolute atomic E-state index is 9.70. The number of benzene rings is 1. The van der Waals surface area contributed by atoms with Gasteiger partial charge in [0.25, 0.3) is 0 Å². The van der Waals surface area contributed by atoms with Crippen molar-refractivity contribution in [3.05, 3.63) is 36.0 Å². The average Bonchev–Trinajstić information content (AvgIpc) is 2.61. The van der Waals surface area contributed by atoms with Crippen LogP contribution in [0.2, 0.25) is 0 Å². The second-order valence-electron chi connectivity index (χ2n) is 3.56. The summed E-state index contributed by atoms with van der Waals surface area (Å²) in [7, 11) is 0. The number of aromatic nitrogens is 2. The molecule has 0 amide bonds. The second kappa shape index (κ2) is 3.77. The first-order chi connectivity index (χ1) is 7.22.